The molecule has 2 N–H and O–H groups in total. The van der Waals surface area contributed by atoms with Crippen molar-refractivity contribution in [2.75, 3.05) is 32.7 Å². The molecule has 2 aromatic heterocycles. The number of nitrogens with zero attached hydrogens (tertiary/aromatic N) is 3. The zero-order valence-electron chi connectivity index (χ0n) is 19.0. The number of halogens is 1. The number of Topliss-reactive ketones (excluding diaryl/α,β-unsaturated/α-hetero) is 1. The molecule has 3 aromatic rings. The van der Waals surface area contributed by atoms with Gasteiger partial charge < -0.3 is 19.6 Å². The van der Waals surface area contributed by atoms with Crippen LogP contribution in [0.1, 0.15) is 42.7 Å². The van der Waals surface area contributed by atoms with E-state index in [0.717, 1.165) is 5.56 Å². The van der Waals surface area contributed by atoms with E-state index in [9.17, 15) is 18.8 Å². The maximum atomic E-state index is 13.2. The van der Waals surface area contributed by atoms with Crippen molar-refractivity contribution in [2.45, 2.75) is 19.9 Å². The Kier molecular flexibility index (Phi) is 6.93. The fraction of sp³-hybridized carbons (Fsp3) is 0.320. The van der Waals surface area contributed by atoms with E-state index in [1.807, 2.05) is 9.47 Å². The molecule has 0 atom stereocenters. The molecule has 1 fully saturated rings. The van der Waals surface area contributed by atoms with Gasteiger partial charge in [-0.3, -0.25) is 19.3 Å². The van der Waals surface area contributed by atoms with Gasteiger partial charge in [-0.15, -0.1) is 0 Å². The van der Waals surface area contributed by atoms with Crippen molar-refractivity contribution in [1.82, 2.24) is 14.4 Å². The summed E-state index contributed by atoms with van der Waals surface area (Å²) in [6.07, 6.45) is 2.04. The average Bonchev–Trinajstić information content (AvgIpc) is 3.47. The monoisotopic (exact) mass is 466 g/mol. The van der Waals surface area contributed by atoms with Gasteiger partial charge in [0.2, 0.25) is 0 Å². The fourth-order valence-corrected chi connectivity index (χ4v) is 4.25. The minimum absolute atomic E-state index is 0.125. The maximum Gasteiger partial charge on any atom is 0.289 e. The van der Waals surface area contributed by atoms with E-state index in [0.29, 0.717) is 61.9 Å². The van der Waals surface area contributed by atoms with Crippen molar-refractivity contribution >= 4 is 17.6 Å². The van der Waals surface area contributed by atoms with Crippen LogP contribution in [-0.4, -0.2) is 64.7 Å². The minimum Gasteiger partial charge on any atom is -0.459 e. The van der Waals surface area contributed by atoms with Gasteiger partial charge in [0.1, 0.15) is 5.82 Å². The van der Waals surface area contributed by atoms with Gasteiger partial charge in [0, 0.05) is 38.4 Å². The largest absolute Gasteiger partial charge is 0.459 e. The minimum atomic E-state index is -0.586. The number of hydrogen-bond acceptors (Lipinski definition) is 5. The Balaban J connectivity index is 1.43. The highest BCUT2D eigenvalue weighted by Gasteiger charge is 2.27. The number of aryl methyl sites for hydroxylation is 1. The molecule has 1 aliphatic heterocycles. The van der Waals surface area contributed by atoms with E-state index in [1.54, 1.807) is 42.2 Å². The van der Waals surface area contributed by atoms with Gasteiger partial charge >= 0.3 is 0 Å². The van der Waals surface area contributed by atoms with Gasteiger partial charge in [0.15, 0.2) is 11.5 Å². The number of nitrogens with two attached hydrogens (primary N) is 1. The zero-order valence-corrected chi connectivity index (χ0v) is 19.0. The van der Waals surface area contributed by atoms with Crippen LogP contribution in [0.25, 0.3) is 0 Å². The van der Waals surface area contributed by atoms with E-state index >= 15 is 0 Å². The number of amides is 2. The smallest absolute Gasteiger partial charge is 0.289 e. The normalized spacial score (nSPS) is 14.4. The first-order valence-corrected chi connectivity index (χ1v) is 11.2. The average molecular weight is 467 g/mol. The van der Waals surface area contributed by atoms with Crippen molar-refractivity contribution < 1.29 is 23.2 Å². The summed E-state index contributed by atoms with van der Waals surface area (Å²) in [6.45, 7) is 4.47. The van der Waals surface area contributed by atoms with Crippen LogP contribution in [0, 0.1) is 12.7 Å². The van der Waals surface area contributed by atoms with E-state index in [1.165, 1.54) is 18.4 Å². The molecule has 2 amide bonds. The van der Waals surface area contributed by atoms with Gasteiger partial charge in [-0.2, -0.15) is 0 Å². The van der Waals surface area contributed by atoms with E-state index in [4.69, 9.17) is 10.2 Å². The predicted molar refractivity (Wildman–Crippen MR) is 123 cm³/mol. The van der Waals surface area contributed by atoms with E-state index in [-0.39, 0.29) is 24.1 Å². The van der Waals surface area contributed by atoms with Crippen molar-refractivity contribution in [3.63, 3.8) is 0 Å². The number of benzene rings is 1. The van der Waals surface area contributed by atoms with Crippen LogP contribution in [-0.2, 0) is 13.0 Å². The van der Waals surface area contributed by atoms with Crippen LogP contribution in [0.4, 0.5) is 4.39 Å². The number of furan rings is 1. The summed E-state index contributed by atoms with van der Waals surface area (Å²) in [5.74, 6) is -0.873. The van der Waals surface area contributed by atoms with Gasteiger partial charge in [0.25, 0.3) is 11.8 Å². The molecule has 1 aromatic carbocycles. The standard InChI is InChI=1S/C25H27FN4O4/c1-17-20(24(27)32)15-21(30(17)9-8-18-4-6-19(26)7-5-18)22(31)16-28-10-12-29(13-11-28)25(33)23-3-2-14-34-23/h2-7,14-15H,8-13,16H2,1H3,(H2,27,32). The van der Waals surface area contributed by atoms with Crippen molar-refractivity contribution in [3.8, 4) is 0 Å². The number of rotatable bonds is 8. The van der Waals surface area contributed by atoms with E-state index < -0.39 is 5.91 Å². The lowest BCUT2D eigenvalue weighted by Gasteiger charge is -2.33. The summed E-state index contributed by atoms with van der Waals surface area (Å²) in [6, 6.07) is 11.1. The molecule has 34 heavy (non-hydrogen) atoms. The molecule has 178 valence electrons. The molecular formula is C25H27FN4O4. The predicted octanol–water partition coefficient (Wildman–Crippen LogP) is 2.51. The van der Waals surface area contributed by atoms with Gasteiger partial charge in [0.05, 0.1) is 24.1 Å². The second kappa shape index (κ2) is 10.0. The molecule has 3 heterocycles. The number of carbonyl (C=O) groups excluding carboxylic acids is 3. The molecule has 4 rings (SSSR count). The van der Waals surface area contributed by atoms with Crippen LogP contribution in [0.5, 0.6) is 0 Å². The molecular weight excluding hydrogens is 439 g/mol. The summed E-state index contributed by atoms with van der Waals surface area (Å²) in [5.41, 5.74) is 7.82. The van der Waals surface area contributed by atoms with E-state index in [2.05, 4.69) is 0 Å². The van der Waals surface area contributed by atoms with Crippen LogP contribution in [0.15, 0.2) is 53.1 Å². The summed E-state index contributed by atoms with van der Waals surface area (Å²) in [5, 5.41) is 0. The Labute approximate surface area is 196 Å². The third-order valence-corrected chi connectivity index (χ3v) is 6.21. The number of piperazine rings is 1. The van der Waals surface area contributed by atoms with Crippen molar-refractivity contribution in [2.24, 2.45) is 5.73 Å². The Bertz CT molecular complexity index is 1180. The molecule has 0 unspecified atom stereocenters. The topological polar surface area (TPSA) is 102 Å². The van der Waals surface area contributed by atoms with Crippen LogP contribution in [0.2, 0.25) is 0 Å². The Morgan fingerprint density at radius 3 is 2.38 bits per heavy atom. The highest BCUT2D eigenvalue weighted by Crippen LogP contribution is 2.19. The Morgan fingerprint density at radius 2 is 1.76 bits per heavy atom. The number of ketones is 1. The lowest BCUT2D eigenvalue weighted by molar-refractivity contribution is 0.0595. The summed E-state index contributed by atoms with van der Waals surface area (Å²) < 4.78 is 20.2. The van der Waals surface area contributed by atoms with Crippen LogP contribution < -0.4 is 5.73 Å². The number of carbonyl (C=O) groups is 3. The third-order valence-electron chi connectivity index (χ3n) is 6.21. The molecule has 0 bridgehead atoms. The molecule has 0 saturated carbocycles. The van der Waals surface area contributed by atoms with Gasteiger partial charge in [-0.05, 0) is 49.2 Å². The number of hydrogen-bond donors (Lipinski definition) is 1. The molecule has 0 spiro atoms. The molecule has 1 aliphatic rings. The summed E-state index contributed by atoms with van der Waals surface area (Å²) in [4.78, 5) is 41.3. The first-order valence-electron chi connectivity index (χ1n) is 11.2. The lowest BCUT2D eigenvalue weighted by atomic mass is 10.1. The summed E-state index contributed by atoms with van der Waals surface area (Å²) >= 11 is 0. The SMILES string of the molecule is Cc1c(C(N)=O)cc(C(=O)CN2CCN(C(=O)c3ccco3)CC2)n1CCc1ccc(F)cc1. The highest BCUT2D eigenvalue weighted by atomic mass is 19.1. The second-order valence-electron chi connectivity index (χ2n) is 8.39. The van der Waals surface area contributed by atoms with Crippen LogP contribution in [0.3, 0.4) is 0 Å². The first kappa shape index (κ1) is 23.4. The molecule has 1 saturated heterocycles. The van der Waals surface area contributed by atoms with Gasteiger partial charge in [-0.25, -0.2) is 4.39 Å². The quantitative estimate of drug-likeness (QED) is 0.514. The summed E-state index contributed by atoms with van der Waals surface area (Å²) in [7, 11) is 0. The fourth-order valence-electron chi connectivity index (χ4n) is 4.25. The molecule has 0 aliphatic carbocycles. The maximum absolute atomic E-state index is 13.2. The Morgan fingerprint density at radius 1 is 1.06 bits per heavy atom. The van der Waals surface area contributed by atoms with Crippen molar-refractivity contribution in [1.29, 1.82) is 0 Å². The molecule has 8 nitrogen and oxygen atoms in total. The Hall–Kier alpha value is -3.72. The highest BCUT2D eigenvalue weighted by molar-refractivity contribution is 6.01. The molecule has 9 heteroatoms. The number of primary amides is 1. The van der Waals surface area contributed by atoms with Gasteiger partial charge in [-0.1, -0.05) is 12.1 Å². The first-order chi connectivity index (χ1) is 16.3. The molecule has 0 radical (unpaired) electrons. The van der Waals surface area contributed by atoms with Crippen LogP contribution >= 0.6 is 0 Å². The second-order valence-corrected chi connectivity index (χ2v) is 8.39. The van der Waals surface area contributed by atoms with Crippen molar-refractivity contribution in [3.05, 3.63) is 82.8 Å². The third kappa shape index (κ3) is 5.09. The lowest BCUT2D eigenvalue weighted by Crippen LogP contribution is -2.50. The zero-order chi connectivity index (χ0) is 24.2. The number of aromatic nitrogens is 1.